The molecule has 0 radical (unpaired) electrons. The summed E-state index contributed by atoms with van der Waals surface area (Å²) in [7, 11) is 0. The van der Waals surface area contributed by atoms with Crippen LogP contribution in [-0.2, 0) is 4.79 Å². The molecule has 1 amide bonds. The summed E-state index contributed by atoms with van der Waals surface area (Å²) in [4.78, 5) is 21.1. The van der Waals surface area contributed by atoms with Gasteiger partial charge in [-0.2, -0.15) is 0 Å². The molecule has 0 saturated heterocycles. The van der Waals surface area contributed by atoms with Gasteiger partial charge in [0.15, 0.2) is 5.13 Å². The molecule has 4 rings (SSSR count). The number of rotatable bonds is 5. The molecule has 142 valence electrons. The lowest BCUT2D eigenvalue weighted by Crippen LogP contribution is -2.14. The Kier molecular flexibility index (Phi) is 5.38. The van der Waals surface area contributed by atoms with Gasteiger partial charge in [0, 0.05) is 10.9 Å². The molecule has 0 unspecified atom stereocenters. The molecule has 0 aliphatic rings. The largest absolute Gasteiger partial charge is 0.301 e. The zero-order valence-corrected chi connectivity index (χ0v) is 18.0. The second-order valence-electron chi connectivity index (χ2n) is 6.26. The molecule has 0 saturated carbocycles. The van der Waals surface area contributed by atoms with E-state index in [2.05, 4.69) is 44.5 Å². The van der Waals surface area contributed by atoms with Crippen molar-refractivity contribution < 1.29 is 4.79 Å². The normalized spacial score (nSPS) is 11.1. The van der Waals surface area contributed by atoms with Gasteiger partial charge in [-0.1, -0.05) is 41.6 Å². The van der Waals surface area contributed by atoms with Gasteiger partial charge in [0.25, 0.3) is 0 Å². The molecule has 0 aliphatic heterocycles. The van der Waals surface area contributed by atoms with E-state index in [1.807, 2.05) is 31.4 Å². The monoisotopic (exact) mass is 427 g/mol. The van der Waals surface area contributed by atoms with E-state index in [-0.39, 0.29) is 11.7 Å². The number of hydrogen-bond acceptors (Lipinski definition) is 8. The Morgan fingerprint density at radius 1 is 1.11 bits per heavy atom. The third-order valence-electron chi connectivity index (χ3n) is 3.92. The van der Waals surface area contributed by atoms with Crippen molar-refractivity contribution in [1.29, 1.82) is 0 Å². The van der Waals surface area contributed by atoms with Gasteiger partial charge >= 0.3 is 0 Å². The molecule has 3 heterocycles. The van der Waals surface area contributed by atoms with E-state index in [0.29, 0.717) is 10.2 Å². The van der Waals surface area contributed by atoms with Crippen molar-refractivity contribution in [2.24, 2.45) is 0 Å². The lowest BCUT2D eigenvalue weighted by molar-refractivity contribution is -0.113. The summed E-state index contributed by atoms with van der Waals surface area (Å²) in [5.41, 5.74) is 4.73. The van der Waals surface area contributed by atoms with Crippen LogP contribution in [0.3, 0.4) is 0 Å². The van der Waals surface area contributed by atoms with Crippen LogP contribution in [0.5, 0.6) is 0 Å². The van der Waals surface area contributed by atoms with Crippen LogP contribution in [-0.4, -0.2) is 31.8 Å². The van der Waals surface area contributed by atoms with Gasteiger partial charge in [0.1, 0.15) is 16.2 Å². The highest BCUT2D eigenvalue weighted by atomic mass is 32.2. The van der Waals surface area contributed by atoms with E-state index < -0.39 is 0 Å². The number of fused-ring (bicyclic) bond motifs is 1. The van der Waals surface area contributed by atoms with Crippen LogP contribution in [0.15, 0.2) is 34.7 Å². The van der Waals surface area contributed by atoms with Crippen molar-refractivity contribution in [2.75, 3.05) is 11.1 Å². The summed E-state index contributed by atoms with van der Waals surface area (Å²) < 4.78 is 0.995. The first-order valence-electron chi connectivity index (χ1n) is 8.55. The zero-order chi connectivity index (χ0) is 19.7. The number of aryl methyl sites for hydroxylation is 3. The van der Waals surface area contributed by atoms with E-state index in [0.717, 1.165) is 32.2 Å². The molecule has 9 heteroatoms. The number of anilines is 1. The Hall–Kier alpha value is -2.36. The molecule has 6 nitrogen and oxygen atoms in total. The molecular formula is C19H17N5OS3. The highest BCUT2D eigenvalue weighted by Crippen LogP contribution is 2.35. The van der Waals surface area contributed by atoms with Gasteiger partial charge in [-0.25, -0.2) is 9.97 Å². The highest BCUT2D eigenvalue weighted by Gasteiger charge is 2.17. The predicted octanol–water partition coefficient (Wildman–Crippen LogP) is 4.87. The number of nitrogens with zero attached hydrogens (tertiary/aromatic N) is 4. The second kappa shape index (κ2) is 7.94. The first kappa shape index (κ1) is 19.0. The number of nitrogens with one attached hydrogen (secondary N) is 1. The van der Waals surface area contributed by atoms with Crippen molar-refractivity contribution in [1.82, 2.24) is 20.2 Å². The molecule has 0 aliphatic carbocycles. The van der Waals surface area contributed by atoms with E-state index >= 15 is 0 Å². The van der Waals surface area contributed by atoms with Gasteiger partial charge in [-0.3, -0.25) is 4.79 Å². The van der Waals surface area contributed by atoms with Crippen molar-refractivity contribution in [2.45, 2.75) is 25.8 Å². The molecule has 0 spiro atoms. The molecule has 4 aromatic rings. The fourth-order valence-corrected chi connectivity index (χ4v) is 5.04. The molecule has 1 N–H and O–H groups in total. The molecular weight excluding hydrogens is 410 g/mol. The Balaban J connectivity index is 1.57. The Morgan fingerprint density at radius 3 is 2.61 bits per heavy atom. The third-order valence-corrected chi connectivity index (χ3v) is 6.73. The van der Waals surface area contributed by atoms with Crippen LogP contribution in [0.25, 0.3) is 21.5 Å². The summed E-state index contributed by atoms with van der Waals surface area (Å²) in [6, 6.07) is 8.21. The standard InChI is InChI=1S/C19H17N5OS3/c1-10-4-6-13(7-5-10)15-17-16(21-12(3)28-17)18(24-23-15)26-9-14(25)22-19-20-11(2)8-27-19/h4-8H,9H2,1-3H3,(H,20,22,25). The minimum Gasteiger partial charge on any atom is -0.301 e. The first-order valence-corrected chi connectivity index (χ1v) is 11.2. The van der Waals surface area contributed by atoms with E-state index in [4.69, 9.17) is 0 Å². The fraction of sp³-hybridized carbons (Fsp3) is 0.211. The average molecular weight is 428 g/mol. The Morgan fingerprint density at radius 2 is 1.89 bits per heavy atom. The minimum absolute atomic E-state index is 0.121. The maximum atomic E-state index is 12.2. The number of aromatic nitrogens is 4. The summed E-state index contributed by atoms with van der Waals surface area (Å²) in [5.74, 6) is 0.104. The van der Waals surface area contributed by atoms with Gasteiger partial charge in [0.2, 0.25) is 5.91 Å². The van der Waals surface area contributed by atoms with E-state index in [9.17, 15) is 4.79 Å². The van der Waals surface area contributed by atoms with Crippen molar-refractivity contribution >= 4 is 55.7 Å². The molecule has 1 aromatic carbocycles. The summed E-state index contributed by atoms with van der Waals surface area (Å²) >= 11 is 4.35. The van der Waals surface area contributed by atoms with Crippen LogP contribution < -0.4 is 5.32 Å². The number of benzene rings is 1. The summed E-state index contributed by atoms with van der Waals surface area (Å²) in [5, 5.41) is 15.7. The number of carbonyl (C=O) groups excluding carboxylic acids is 1. The Labute approximate surface area is 174 Å². The SMILES string of the molecule is Cc1ccc(-c2nnc(SCC(=O)Nc3nc(C)cs3)c3nc(C)sc23)cc1. The van der Waals surface area contributed by atoms with Gasteiger partial charge in [-0.05, 0) is 20.8 Å². The molecule has 0 atom stereocenters. The molecule has 0 fully saturated rings. The molecule has 0 bridgehead atoms. The summed E-state index contributed by atoms with van der Waals surface area (Å²) in [6.07, 6.45) is 0. The second-order valence-corrected chi connectivity index (χ2v) is 9.29. The van der Waals surface area contributed by atoms with Crippen LogP contribution in [0.4, 0.5) is 5.13 Å². The fourth-order valence-electron chi connectivity index (χ4n) is 2.62. The summed E-state index contributed by atoms with van der Waals surface area (Å²) in [6.45, 7) is 5.92. The number of thiazole rings is 2. The maximum Gasteiger partial charge on any atom is 0.236 e. The van der Waals surface area contributed by atoms with Crippen molar-refractivity contribution in [3.8, 4) is 11.3 Å². The number of carbonyl (C=O) groups is 1. The molecule has 28 heavy (non-hydrogen) atoms. The van der Waals surface area contributed by atoms with Crippen molar-refractivity contribution in [3.05, 3.63) is 45.9 Å². The smallest absolute Gasteiger partial charge is 0.236 e. The molecule has 3 aromatic heterocycles. The van der Waals surface area contributed by atoms with Crippen LogP contribution in [0, 0.1) is 20.8 Å². The Bertz CT molecular complexity index is 1150. The van der Waals surface area contributed by atoms with Crippen LogP contribution in [0.2, 0.25) is 0 Å². The van der Waals surface area contributed by atoms with E-state index in [1.165, 1.54) is 28.7 Å². The lowest BCUT2D eigenvalue weighted by atomic mass is 10.1. The van der Waals surface area contributed by atoms with Gasteiger partial charge in [-0.15, -0.1) is 32.9 Å². The van der Waals surface area contributed by atoms with Gasteiger partial charge in [0.05, 0.1) is 21.2 Å². The first-order chi connectivity index (χ1) is 13.5. The van der Waals surface area contributed by atoms with Gasteiger partial charge < -0.3 is 5.32 Å². The lowest BCUT2D eigenvalue weighted by Gasteiger charge is -2.05. The van der Waals surface area contributed by atoms with Crippen LogP contribution >= 0.6 is 34.4 Å². The zero-order valence-electron chi connectivity index (χ0n) is 15.5. The third kappa shape index (κ3) is 4.06. The quantitative estimate of drug-likeness (QED) is 0.458. The highest BCUT2D eigenvalue weighted by molar-refractivity contribution is 8.00. The van der Waals surface area contributed by atoms with Crippen molar-refractivity contribution in [3.63, 3.8) is 0 Å². The number of hydrogen-bond donors (Lipinski definition) is 1. The predicted molar refractivity (Wildman–Crippen MR) is 116 cm³/mol. The average Bonchev–Trinajstić information content (AvgIpc) is 3.25. The maximum absolute atomic E-state index is 12.2. The minimum atomic E-state index is -0.121. The van der Waals surface area contributed by atoms with E-state index in [1.54, 1.807) is 11.3 Å². The number of amides is 1. The van der Waals surface area contributed by atoms with Crippen LogP contribution in [0.1, 0.15) is 16.3 Å². The number of thioether (sulfide) groups is 1. The topological polar surface area (TPSA) is 80.7 Å².